The molecule has 11 heteroatoms. The molecule has 3 heterocycles. The van der Waals surface area contributed by atoms with Crippen LogP contribution in [0.3, 0.4) is 0 Å². The Morgan fingerprint density at radius 3 is 2.88 bits per heavy atom. The molecule has 0 unspecified atom stereocenters. The predicted octanol–water partition coefficient (Wildman–Crippen LogP) is -2.49. The largest absolute Gasteiger partial charge is 0.387 e. The first-order valence-corrected chi connectivity index (χ1v) is 7.78. The third-order valence-electron chi connectivity index (χ3n) is 3.89. The lowest BCUT2D eigenvalue weighted by Gasteiger charge is -2.16. The molecule has 1 aliphatic rings. The molecule has 138 valence electrons. The summed E-state index contributed by atoms with van der Waals surface area (Å²) in [5.41, 5.74) is 6.40. The van der Waals surface area contributed by atoms with E-state index in [0.29, 0.717) is 0 Å². The summed E-state index contributed by atoms with van der Waals surface area (Å²) in [6.07, 6.45) is -2.90. The maximum atomic E-state index is 11.0. The number of ether oxygens (including phenoxy) is 1. The van der Waals surface area contributed by atoms with Crippen molar-refractivity contribution in [1.29, 1.82) is 0 Å². The Bertz CT molecular complexity index is 888. The van der Waals surface area contributed by atoms with Crippen LogP contribution in [0.15, 0.2) is 6.33 Å². The highest BCUT2D eigenvalue weighted by atomic mass is 16.6. The Hall–Kier alpha value is -2.78. The van der Waals surface area contributed by atoms with Gasteiger partial charge in [-0.15, -0.1) is 0 Å². The second-order valence-electron chi connectivity index (χ2n) is 5.70. The number of aliphatic hydroxyl groups is 3. The van der Waals surface area contributed by atoms with Crippen molar-refractivity contribution >= 4 is 22.9 Å². The number of amides is 1. The SMILES string of the molecule is CC(=O)NC[C@H]1O[C@@H](n2cnc3c(N)nc(C#CCO)nc32)[C@H](O)[C@@H]1O. The molecule has 2 aromatic heterocycles. The maximum absolute atomic E-state index is 11.0. The molecular weight excluding hydrogens is 344 g/mol. The molecule has 0 aliphatic carbocycles. The quantitative estimate of drug-likeness (QED) is 0.371. The zero-order valence-electron chi connectivity index (χ0n) is 13.8. The van der Waals surface area contributed by atoms with Crippen molar-refractivity contribution in [3.8, 4) is 11.8 Å². The number of fused-ring (bicyclic) bond motifs is 1. The van der Waals surface area contributed by atoms with Crippen molar-refractivity contribution in [3.05, 3.63) is 12.2 Å². The highest BCUT2D eigenvalue weighted by Crippen LogP contribution is 2.31. The molecule has 3 rings (SSSR count). The van der Waals surface area contributed by atoms with Gasteiger partial charge in [-0.3, -0.25) is 9.36 Å². The van der Waals surface area contributed by atoms with E-state index < -0.39 is 24.5 Å². The number of aliphatic hydroxyl groups excluding tert-OH is 3. The van der Waals surface area contributed by atoms with Gasteiger partial charge in [0, 0.05) is 13.5 Å². The van der Waals surface area contributed by atoms with E-state index in [1.54, 1.807) is 0 Å². The van der Waals surface area contributed by atoms with Crippen molar-refractivity contribution in [3.63, 3.8) is 0 Å². The number of anilines is 1. The van der Waals surface area contributed by atoms with Crippen molar-refractivity contribution in [2.45, 2.75) is 31.5 Å². The molecule has 6 N–H and O–H groups in total. The number of hydrogen-bond acceptors (Lipinski definition) is 9. The van der Waals surface area contributed by atoms with Crippen LogP contribution in [-0.4, -0.2) is 72.2 Å². The van der Waals surface area contributed by atoms with E-state index in [1.165, 1.54) is 17.8 Å². The van der Waals surface area contributed by atoms with Gasteiger partial charge in [0.05, 0.1) is 6.33 Å². The van der Waals surface area contributed by atoms with Crippen LogP contribution in [0.4, 0.5) is 5.82 Å². The minimum Gasteiger partial charge on any atom is -0.387 e. The molecular formula is C15H18N6O5. The van der Waals surface area contributed by atoms with Gasteiger partial charge in [0.25, 0.3) is 0 Å². The summed E-state index contributed by atoms with van der Waals surface area (Å²) in [6.45, 7) is 1.02. The Morgan fingerprint density at radius 1 is 1.42 bits per heavy atom. The number of hydrogen-bond donors (Lipinski definition) is 5. The lowest BCUT2D eigenvalue weighted by molar-refractivity contribution is -0.120. The topological polar surface area (TPSA) is 169 Å². The number of aromatic nitrogens is 4. The van der Waals surface area contributed by atoms with Crippen LogP contribution in [0.25, 0.3) is 11.2 Å². The number of nitrogens with two attached hydrogens (primary N) is 1. The summed E-state index contributed by atoms with van der Waals surface area (Å²) < 4.78 is 7.10. The molecule has 0 aromatic carbocycles. The number of nitrogens with zero attached hydrogens (tertiary/aromatic N) is 4. The molecule has 1 saturated heterocycles. The summed E-state index contributed by atoms with van der Waals surface area (Å²) in [7, 11) is 0. The Labute approximate surface area is 147 Å². The molecule has 2 aromatic rings. The average molecular weight is 362 g/mol. The second kappa shape index (κ2) is 7.22. The predicted molar refractivity (Wildman–Crippen MR) is 88.3 cm³/mol. The number of carbonyl (C=O) groups is 1. The third kappa shape index (κ3) is 3.31. The summed E-state index contributed by atoms with van der Waals surface area (Å²) in [5.74, 6) is 4.86. The van der Waals surface area contributed by atoms with Gasteiger partial charge in [0.1, 0.15) is 30.4 Å². The molecule has 0 bridgehead atoms. The minimum atomic E-state index is -1.27. The third-order valence-corrected chi connectivity index (χ3v) is 3.89. The molecule has 0 saturated carbocycles. The van der Waals surface area contributed by atoms with Gasteiger partial charge in [-0.1, -0.05) is 5.92 Å². The zero-order chi connectivity index (χ0) is 18.8. The average Bonchev–Trinajstić information content (AvgIpc) is 3.14. The first kappa shape index (κ1) is 18.0. The van der Waals surface area contributed by atoms with Gasteiger partial charge in [-0.05, 0) is 5.92 Å². The highest BCUT2D eigenvalue weighted by molar-refractivity contribution is 5.82. The first-order chi connectivity index (χ1) is 12.4. The summed E-state index contributed by atoms with van der Waals surface area (Å²) in [5, 5.41) is 31.8. The number of nitrogens with one attached hydrogen (secondary N) is 1. The maximum Gasteiger partial charge on any atom is 0.216 e. The van der Waals surface area contributed by atoms with Crippen LogP contribution in [-0.2, 0) is 9.53 Å². The van der Waals surface area contributed by atoms with E-state index in [-0.39, 0.29) is 41.9 Å². The molecule has 26 heavy (non-hydrogen) atoms. The Kier molecular flexibility index (Phi) is 5.01. The lowest BCUT2D eigenvalue weighted by Crippen LogP contribution is -2.39. The van der Waals surface area contributed by atoms with Crippen molar-refractivity contribution in [2.24, 2.45) is 0 Å². The second-order valence-corrected chi connectivity index (χ2v) is 5.70. The number of nitrogen functional groups attached to an aromatic ring is 1. The van der Waals surface area contributed by atoms with Crippen LogP contribution >= 0.6 is 0 Å². The van der Waals surface area contributed by atoms with E-state index >= 15 is 0 Å². The molecule has 1 aliphatic heterocycles. The number of rotatable bonds is 3. The van der Waals surface area contributed by atoms with Crippen LogP contribution in [0.1, 0.15) is 19.0 Å². The van der Waals surface area contributed by atoms with Gasteiger partial charge in [-0.25, -0.2) is 15.0 Å². The summed E-state index contributed by atoms with van der Waals surface area (Å²) in [6, 6.07) is 0. The van der Waals surface area contributed by atoms with E-state index in [2.05, 4.69) is 32.1 Å². The standard InChI is InChI=1S/C15H18N6O5/c1-7(23)17-5-8-11(24)12(25)15(26-8)21-6-18-10-13(16)19-9(3-2-4-22)20-14(10)21/h6,8,11-12,15,22,24-25H,4-5H2,1H3,(H,17,23)(H2,16,19,20)/t8-,11-,12-,15-/m1/s1. The van der Waals surface area contributed by atoms with Gasteiger partial charge < -0.3 is 31.1 Å². The van der Waals surface area contributed by atoms with Crippen LogP contribution in [0, 0.1) is 11.8 Å². The fourth-order valence-electron chi connectivity index (χ4n) is 2.67. The van der Waals surface area contributed by atoms with E-state index in [9.17, 15) is 15.0 Å². The molecule has 0 radical (unpaired) electrons. The Balaban J connectivity index is 1.94. The lowest BCUT2D eigenvalue weighted by atomic mass is 10.1. The monoisotopic (exact) mass is 362 g/mol. The van der Waals surface area contributed by atoms with Gasteiger partial charge in [-0.2, -0.15) is 0 Å². The molecule has 11 nitrogen and oxygen atoms in total. The number of carbonyl (C=O) groups excluding carboxylic acids is 1. The van der Waals surface area contributed by atoms with Gasteiger partial charge in [0.2, 0.25) is 11.7 Å². The zero-order valence-corrected chi connectivity index (χ0v) is 13.8. The summed E-state index contributed by atoms with van der Waals surface area (Å²) >= 11 is 0. The van der Waals surface area contributed by atoms with E-state index in [4.69, 9.17) is 15.6 Å². The summed E-state index contributed by atoms with van der Waals surface area (Å²) in [4.78, 5) is 23.4. The minimum absolute atomic E-state index is 0.0427. The van der Waals surface area contributed by atoms with Crippen molar-refractivity contribution in [1.82, 2.24) is 24.8 Å². The fourth-order valence-corrected chi connectivity index (χ4v) is 2.67. The van der Waals surface area contributed by atoms with Crippen molar-refractivity contribution in [2.75, 3.05) is 18.9 Å². The first-order valence-electron chi connectivity index (χ1n) is 7.78. The normalized spacial score (nSPS) is 25.1. The van der Waals surface area contributed by atoms with Gasteiger partial charge >= 0.3 is 0 Å². The molecule has 1 fully saturated rings. The Morgan fingerprint density at radius 2 is 2.19 bits per heavy atom. The smallest absolute Gasteiger partial charge is 0.216 e. The molecule has 0 spiro atoms. The van der Waals surface area contributed by atoms with Gasteiger partial charge in [0.15, 0.2) is 17.7 Å². The molecule has 4 atom stereocenters. The van der Waals surface area contributed by atoms with E-state index in [1.807, 2.05) is 0 Å². The van der Waals surface area contributed by atoms with E-state index in [0.717, 1.165) is 0 Å². The highest BCUT2D eigenvalue weighted by Gasteiger charge is 2.44. The van der Waals surface area contributed by atoms with Crippen LogP contribution < -0.4 is 11.1 Å². The van der Waals surface area contributed by atoms with Crippen LogP contribution in [0.2, 0.25) is 0 Å². The fraction of sp³-hybridized carbons (Fsp3) is 0.467. The number of imidazole rings is 1. The van der Waals surface area contributed by atoms with Crippen molar-refractivity contribution < 1.29 is 24.9 Å². The molecule has 1 amide bonds. The van der Waals surface area contributed by atoms with Crippen LogP contribution in [0.5, 0.6) is 0 Å².